The molecule has 2 rings (SSSR count). The molecular formula is C13H16BrF3N2O. The third-order valence-electron chi connectivity index (χ3n) is 3.21. The molecule has 0 unspecified atom stereocenters. The van der Waals surface area contributed by atoms with Crippen molar-refractivity contribution in [2.24, 2.45) is 5.92 Å². The molecule has 1 aliphatic heterocycles. The second kappa shape index (κ2) is 6.67. The molecule has 112 valence electrons. The standard InChI is InChI=1S/C13H16BrF3N2O/c14-11-7-10(1-2-12(11)20-13(15,16)17)19-8-9-3-5-18-6-4-9/h1-2,7,9,18-19H,3-6,8H2. The molecule has 0 atom stereocenters. The number of halogens is 4. The van der Waals surface area contributed by atoms with E-state index < -0.39 is 6.36 Å². The summed E-state index contributed by atoms with van der Waals surface area (Å²) >= 11 is 3.09. The van der Waals surface area contributed by atoms with Crippen molar-refractivity contribution in [3.05, 3.63) is 22.7 Å². The smallest absolute Gasteiger partial charge is 0.405 e. The molecule has 2 N–H and O–H groups in total. The van der Waals surface area contributed by atoms with Crippen molar-refractivity contribution in [1.29, 1.82) is 0 Å². The van der Waals surface area contributed by atoms with E-state index >= 15 is 0 Å². The molecule has 20 heavy (non-hydrogen) atoms. The van der Waals surface area contributed by atoms with Crippen molar-refractivity contribution < 1.29 is 17.9 Å². The van der Waals surface area contributed by atoms with Gasteiger partial charge in [-0.3, -0.25) is 0 Å². The monoisotopic (exact) mass is 352 g/mol. The summed E-state index contributed by atoms with van der Waals surface area (Å²) in [5.41, 5.74) is 0.782. The van der Waals surface area contributed by atoms with E-state index in [0.717, 1.165) is 38.2 Å². The highest BCUT2D eigenvalue weighted by atomic mass is 79.9. The van der Waals surface area contributed by atoms with E-state index in [1.54, 1.807) is 12.1 Å². The molecule has 0 aliphatic carbocycles. The number of hydrogen-bond acceptors (Lipinski definition) is 3. The van der Waals surface area contributed by atoms with Gasteiger partial charge in [0.15, 0.2) is 0 Å². The molecule has 0 saturated carbocycles. The van der Waals surface area contributed by atoms with E-state index in [0.29, 0.717) is 5.92 Å². The summed E-state index contributed by atoms with van der Waals surface area (Å²) in [4.78, 5) is 0. The maximum Gasteiger partial charge on any atom is 0.573 e. The summed E-state index contributed by atoms with van der Waals surface area (Å²) in [7, 11) is 0. The van der Waals surface area contributed by atoms with Crippen LogP contribution < -0.4 is 15.4 Å². The summed E-state index contributed by atoms with van der Waals surface area (Å²) in [5.74, 6) is 0.367. The van der Waals surface area contributed by atoms with Gasteiger partial charge in [-0.05, 0) is 66.0 Å². The Balaban J connectivity index is 1.91. The SMILES string of the molecule is FC(F)(F)Oc1ccc(NCC2CCNCC2)cc1Br. The highest BCUT2D eigenvalue weighted by molar-refractivity contribution is 9.10. The van der Waals surface area contributed by atoms with Crippen LogP contribution in [0.2, 0.25) is 0 Å². The first-order valence-electron chi connectivity index (χ1n) is 6.44. The van der Waals surface area contributed by atoms with Gasteiger partial charge in [-0.15, -0.1) is 13.2 Å². The van der Waals surface area contributed by atoms with Gasteiger partial charge < -0.3 is 15.4 Å². The largest absolute Gasteiger partial charge is 0.573 e. The van der Waals surface area contributed by atoms with Crippen molar-refractivity contribution >= 4 is 21.6 Å². The Morgan fingerprint density at radius 1 is 1.30 bits per heavy atom. The van der Waals surface area contributed by atoms with Crippen LogP contribution in [0.3, 0.4) is 0 Å². The van der Waals surface area contributed by atoms with Crippen LogP contribution in [0.4, 0.5) is 18.9 Å². The fraction of sp³-hybridized carbons (Fsp3) is 0.538. The fourth-order valence-corrected chi connectivity index (χ4v) is 2.63. The average Bonchev–Trinajstić information content (AvgIpc) is 2.39. The Bertz CT molecular complexity index is 448. The Labute approximate surface area is 124 Å². The van der Waals surface area contributed by atoms with Crippen LogP contribution in [0.5, 0.6) is 5.75 Å². The molecule has 1 aromatic rings. The van der Waals surface area contributed by atoms with Crippen molar-refractivity contribution in [3.8, 4) is 5.75 Å². The van der Waals surface area contributed by atoms with Crippen LogP contribution in [0.1, 0.15) is 12.8 Å². The number of alkyl halides is 3. The molecule has 0 bridgehead atoms. The maximum atomic E-state index is 12.1. The predicted octanol–water partition coefficient (Wildman–Crippen LogP) is 3.76. The van der Waals surface area contributed by atoms with Gasteiger partial charge >= 0.3 is 6.36 Å². The molecule has 1 heterocycles. The van der Waals surface area contributed by atoms with Gasteiger partial charge in [0.2, 0.25) is 0 Å². The Hall–Kier alpha value is -0.950. The summed E-state index contributed by atoms with van der Waals surface area (Å²) in [6.07, 6.45) is -2.45. The number of benzene rings is 1. The molecular weight excluding hydrogens is 337 g/mol. The summed E-state index contributed by atoms with van der Waals surface area (Å²) in [5, 5.41) is 6.54. The summed E-state index contributed by atoms with van der Waals surface area (Å²) in [6, 6.07) is 4.50. The van der Waals surface area contributed by atoms with Crippen LogP contribution in [0.15, 0.2) is 22.7 Å². The molecule has 7 heteroatoms. The zero-order valence-electron chi connectivity index (χ0n) is 10.8. The molecule has 0 amide bonds. The average molecular weight is 353 g/mol. The van der Waals surface area contributed by atoms with Gasteiger partial charge in [-0.2, -0.15) is 0 Å². The van der Waals surface area contributed by atoms with E-state index in [4.69, 9.17) is 0 Å². The number of anilines is 1. The quantitative estimate of drug-likeness (QED) is 0.865. The molecule has 0 radical (unpaired) electrons. The normalized spacial score (nSPS) is 17.0. The number of piperidine rings is 1. The van der Waals surface area contributed by atoms with Crippen molar-refractivity contribution in [3.63, 3.8) is 0 Å². The fourth-order valence-electron chi connectivity index (χ4n) is 2.17. The van der Waals surface area contributed by atoms with Crippen LogP contribution in [-0.4, -0.2) is 26.0 Å². The van der Waals surface area contributed by atoms with Gasteiger partial charge in [0, 0.05) is 12.2 Å². The lowest BCUT2D eigenvalue weighted by molar-refractivity contribution is -0.274. The van der Waals surface area contributed by atoms with Crippen molar-refractivity contribution in [2.75, 3.05) is 25.0 Å². The Morgan fingerprint density at radius 2 is 2.00 bits per heavy atom. The minimum Gasteiger partial charge on any atom is -0.405 e. The number of ether oxygens (including phenoxy) is 1. The summed E-state index contributed by atoms with van der Waals surface area (Å²) in [6.45, 7) is 2.87. The van der Waals surface area contributed by atoms with E-state index in [1.165, 1.54) is 6.07 Å². The van der Waals surface area contributed by atoms with E-state index in [2.05, 4.69) is 31.3 Å². The second-order valence-electron chi connectivity index (χ2n) is 4.77. The third-order valence-corrected chi connectivity index (χ3v) is 3.83. The predicted molar refractivity (Wildman–Crippen MR) is 74.9 cm³/mol. The van der Waals surface area contributed by atoms with Crippen LogP contribution >= 0.6 is 15.9 Å². The Kier molecular flexibility index (Phi) is 5.15. The summed E-state index contributed by atoms with van der Waals surface area (Å²) < 4.78 is 40.6. The van der Waals surface area contributed by atoms with Gasteiger partial charge in [-0.1, -0.05) is 0 Å². The highest BCUT2D eigenvalue weighted by Gasteiger charge is 2.31. The molecule has 1 aromatic carbocycles. The van der Waals surface area contributed by atoms with Gasteiger partial charge in [0.25, 0.3) is 0 Å². The molecule has 1 fully saturated rings. The highest BCUT2D eigenvalue weighted by Crippen LogP contribution is 2.32. The van der Waals surface area contributed by atoms with Crippen molar-refractivity contribution in [2.45, 2.75) is 19.2 Å². The third kappa shape index (κ3) is 4.86. The first-order chi connectivity index (χ1) is 9.44. The molecule has 1 aliphatic rings. The lowest BCUT2D eigenvalue weighted by Crippen LogP contribution is -2.31. The van der Waals surface area contributed by atoms with Crippen molar-refractivity contribution in [1.82, 2.24) is 5.32 Å². The van der Waals surface area contributed by atoms with E-state index in [1.807, 2.05) is 0 Å². The lowest BCUT2D eigenvalue weighted by atomic mass is 9.98. The topological polar surface area (TPSA) is 33.3 Å². The number of nitrogens with one attached hydrogen (secondary N) is 2. The molecule has 1 saturated heterocycles. The van der Waals surface area contributed by atoms with Gasteiger partial charge in [0.05, 0.1) is 4.47 Å². The van der Waals surface area contributed by atoms with Gasteiger partial charge in [0.1, 0.15) is 5.75 Å². The number of rotatable bonds is 4. The van der Waals surface area contributed by atoms with Crippen LogP contribution in [-0.2, 0) is 0 Å². The molecule has 0 spiro atoms. The molecule has 0 aromatic heterocycles. The second-order valence-corrected chi connectivity index (χ2v) is 5.62. The number of hydrogen-bond donors (Lipinski definition) is 2. The zero-order valence-corrected chi connectivity index (χ0v) is 12.4. The van der Waals surface area contributed by atoms with Crippen LogP contribution in [0, 0.1) is 5.92 Å². The Morgan fingerprint density at radius 3 is 2.60 bits per heavy atom. The minimum atomic E-state index is -4.67. The first-order valence-corrected chi connectivity index (χ1v) is 7.23. The minimum absolute atomic E-state index is 0.232. The van der Waals surface area contributed by atoms with E-state index in [9.17, 15) is 13.2 Å². The first kappa shape index (κ1) is 15.4. The maximum absolute atomic E-state index is 12.1. The lowest BCUT2D eigenvalue weighted by Gasteiger charge is -2.23. The van der Waals surface area contributed by atoms with E-state index in [-0.39, 0.29) is 10.2 Å². The zero-order chi connectivity index (χ0) is 14.6. The van der Waals surface area contributed by atoms with Crippen LogP contribution in [0.25, 0.3) is 0 Å². The van der Waals surface area contributed by atoms with Gasteiger partial charge in [-0.25, -0.2) is 0 Å². The molecule has 3 nitrogen and oxygen atoms in total.